The molecule has 1 aromatic carbocycles. The third-order valence-corrected chi connectivity index (χ3v) is 5.68. The summed E-state index contributed by atoms with van der Waals surface area (Å²) in [6, 6.07) is 7.30. The number of likely N-dealkylation sites (tertiary alicyclic amines) is 1. The molecule has 2 rings (SSSR count). The van der Waals surface area contributed by atoms with Gasteiger partial charge in [-0.3, -0.25) is 19.3 Å². The molecule has 0 spiro atoms. The van der Waals surface area contributed by atoms with Crippen LogP contribution in [0.4, 0.5) is 5.69 Å². The molecule has 8 nitrogen and oxygen atoms in total. The summed E-state index contributed by atoms with van der Waals surface area (Å²) in [7, 11) is 0. The fraction of sp³-hybridized carbons (Fsp3) is 0.591. The summed E-state index contributed by atoms with van der Waals surface area (Å²) in [6.07, 6.45) is 2.46. The molecule has 1 fully saturated rings. The van der Waals surface area contributed by atoms with Crippen LogP contribution >= 0.6 is 15.9 Å². The Hall–Kier alpha value is -1.97. The summed E-state index contributed by atoms with van der Waals surface area (Å²) >= 11 is 3.37. The summed E-state index contributed by atoms with van der Waals surface area (Å²) in [6.45, 7) is 6.76. The van der Waals surface area contributed by atoms with Crippen molar-refractivity contribution in [2.24, 2.45) is 5.92 Å². The molecule has 1 heterocycles. The van der Waals surface area contributed by atoms with Gasteiger partial charge in [-0.2, -0.15) is 0 Å². The summed E-state index contributed by atoms with van der Waals surface area (Å²) < 4.78 is 6.25. The van der Waals surface area contributed by atoms with Crippen LogP contribution in [0.5, 0.6) is 0 Å². The normalized spacial score (nSPS) is 15.0. The lowest BCUT2D eigenvalue weighted by molar-refractivity contribution is -0.127. The highest BCUT2D eigenvalue weighted by molar-refractivity contribution is 9.10. The maximum atomic E-state index is 12.3. The van der Waals surface area contributed by atoms with Gasteiger partial charge in [0.15, 0.2) is 0 Å². The molecule has 0 unspecified atom stereocenters. The number of anilines is 1. The van der Waals surface area contributed by atoms with Crippen LogP contribution in [-0.4, -0.2) is 68.1 Å². The number of carbonyl (C=O) groups is 3. The lowest BCUT2D eigenvalue weighted by Gasteiger charge is -2.30. The van der Waals surface area contributed by atoms with E-state index in [0.29, 0.717) is 31.9 Å². The highest BCUT2D eigenvalue weighted by atomic mass is 79.9. The number of carbonyl (C=O) groups excluding carboxylic acids is 3. The second-order valence-electron chi connectivity index (χ2n) is 7.92. The van der Waals surface area contributed by atoms with E-state index in [1.54, 1.807) is 6.07 Å². The number of amides is 3. The zero-order valence-electron chi connectivity index (χ0n) is 18.3. The second kappa shape index (κ2) is 13.4. The molecular weight excluding hydrogens is 464 g/mol. The number of ether oxygens (including phenoxy) is 1. The Bertz CT molecular complexity index is 736. The van der Waals surface area contributed by atoms with Crippen molar-refractivity contribution in [3.05, 3.63) is 28.7 Å². The summed E-state index contributed by atoms with van der Waals surface area (Å²) in [5.74, 6) is -0.414. The van der Waals surface area contributed by atoms with Gasteiger partial charge in [0.05, 0.1) is 24.9 Å². The van der Waals surface area contributed by atoms with Crippen LogP contribution in [-0.2, 0) is 19.1 Å². The van der Waals surface area contributed by atoms with Gasteiger partial charge in [-0.25, -0.2) is 0 Å². The van der Waals surface area contributed by atoms with Gasteiger partial charge in [0.1, 0.15) is 0 Å². The Labute approximate surface area is 192 Å². The number of nitrogens with one attached hydrogen (secondary N) is 3. The van der Waals surface area contributed by atoms with E-state index < -0.39 is 0 Å². The average molecular weight is 497 g/mol. The fourth-order valence-corrected chi connectivity index (χ4v) is 3.68. The molecule has 3 amide bonds. The maximum Gasteiger partial charge on any atom is 0.243 e. The largest absolute Gasteiger partial charge is 0.379 e. The van der Waals surface area contributed by atoms with E-state index in [9.17, 15) is 14.4 Å². The Morgan fingerprint density at radius 2 is 1.84 bits per heavy atom. The van der Waals surface area contributed by atoms with Crippen molar-refractivity contribution >= 4 is 39.3 Å². The van der Waals surface area contributed by atoms with Crippen LogP contribution < -0.4 is 16.0 Å². The smallest absolute Gasteiger partial charge is 0.243 e. The van der Waals surface area contributed by atoms with Crippen LogP contribution in [0, 0.1) is 5.92 Å². The zero-order valence-corrected chi connectivity index (χ0v) is 19.9. The zero-order chi connectivity index (χ0) is 22.6. The standard InChI is InChI=1S/C22H33BrN4O4/c1-16(2)31-13-5-10-24-22(30)17-8-11-27(12-9-17)15-21(29)25-14-20(28)26-19-7-4-3-6-18(19)23/h3-4,6-7,16-17H,5,8-15H2,1-2H3,(H,24,30)(H,25,29)(H,26,28). The Morgan fingerprint density at radius 1 is 1.13 bits per heavy atom. The van der Waals surface area contributed by atoms with Crippen molar-refractivity contribution in [2.75, 3.05) is 44.6 Å². The van der Waals surface area contributed by atoms with Gasteiger partial charge in [0, 0.05) is 23.5 Å². The molecule has 31 heavy (non-hydrogen) atoms. The number of rotatable bonds is 11. The molecule has 1 aromatic rings. The predicted molar refractivity (Wildman–Crippen MR) is 124 cm³/mol. The van der Waals surface area contributed by atoms with E-state index in [0.717, 1.165) is 23.7 Å². The molecule has 1 saturated heterocycles. The van der Waals surface area contributed by atoms with Gasteiger partial charge in [0.25, 0.3) is 0 Å². The van der Waals surface area contributed by atoms with Crippen molar-refractivity contribution in [2.45, 2.75) is 39.2 Å². The quantitative estimate of drug-likeness (QED) is 0.407. The molecule has 0 saturated carbocycles. The predicted octanol–water partition coefficient (Wildman–Crippen LogP) is 2.15. The number of halogens is 1. The van der Waals surface area contributed by atoms with E-state index >= 15 is 0 Å². The van der Waals surface area contributed by atoms with E-state index in [1.807, 2.05) is 36.9 Å². The van der Waals surface area contributed by atoms with Crippen molar-refractivity contribution < 1.29 is 19.1 Å². The molecule has 0 aliphatic carbocycles. The third kappa shape index (κ3) is 9.80. The number of piperidine rings is 1. The van der Waals surface area contributed by atoms with Crippen molar-refractivity contribution in [3.8, 4) is 0 Å². The fourth-order valence-electron chi connectivity index (χ4n) is 3.30. The first-order chi connectivity index (χ1) is 14.8. The summed E-state index contributed by atoms with van der Waals surface area (Å²) in [5.41, 5.74) is 0.662. The molecule has 0 bridgehead atoms. The Kier molecular flexibility index (Phi) is 11.0. The lowest BCUT2D eigenvalue weighted by Crippen LogP contribution is -2.45. The maximum absolute atomic E-state index is 12.3. The highest BCUT2D eigenvalue weighted by Crippen LogP contribution is 2.21. The Morgan fingerprint density at radius 3 is 2.52 bits per heavy atom. The molecule has 1 aliphatic rings. The monoisotopic (exact) mass is 496 g/mol. The van der Waals surface area contributed by atoms with Crippen LogP contribution in [0.15, 0.2) is 28.7 Å². The molecule has 0 aromatic heterocycles. The minimum atomic E-state index is -0.283. The molecule has 0 atom stereocenters. The molecule has 3 N–H and O–H groups in total. The minimum Gasteiger partial charge on any atom is -0.379 e. The van der Waals surface area contributed by atoms with Gasteiger partial charge in [0.2, 0.25) is 17.7 Å². The van der Waals surface area contributed by atoms with E-state index in [4.69, 9.17) is 4.74 Å². The first-order valence-electron chi connectivity index (χ1n) is 10.8. The Balaban J connectivity index is 1.59. The third-order valence-electron chi connectivity index (χ3n) is 4.99. The highest BCUT2D eigenvalue weighted by Gasteiger charge is 2.25. The minimum absolute atomic E-state index is 0.0135. The van der Waals surface area contributed by atoms with Crippen LogP contribution in [0.25, 0.3) is 0 Å². The molecular formula is C22H33BrN4O4. The SMILES string of the molecule is CC(C)OCCCNC(=O)C1CCN(CC(=O)NCC(=O)Nc2ccccc2Br)CC1. The van der Waals surface area contributed by atoms with Crippen molar-refractivity contribution in [1.29, 1.82) is 0 Å². The summed E-state index contributed by atoms with van der Waals surface area (Å²) in [5, 5.41) is 8.38. The number of benzene rings is 1. The lowest BCUT2D eigenvalue weighted by atomic mass is 9.96. The number of para-hydroxylation sites is 1. The van der Waals surface area contributed by atoms with E-state index in [1.165, 1.54) is 0 Å². The number of nitrogens with zero attached hydrogens (tertiary/aromatic N) is 1. The average Bonchev–Trinajstić information content (AvgIpc) is 2.74. The number of hydrogen-bond donors (Lipinski definition) is 3. The molecule has 1 aliphatic heterocycles. The van der Waals surface area contributed by atoms with Crippen LogP contribution in [0.2, 0.25) is 0 Å². The topological polar surface area (TPSA) is 99.8 Å². The van der Waals surface area contributed by atoms with Gasteiger partial charge in [-0.15, -0.1) is 0 Å². The van der Waals surface area contributed by atoms with Gasteiger partial charge in [-0.1, -0.05) is 12.1 Å². The van der Waals surface area contributed by atoms with Gasteiger partial charge >= 0.3 is 0 Å². The van der Waals surface area contributed by atoms with Crippen molar-refractivity contribution in [3.63, 3.8) is 0 Å². The van der Waals surface area contributed by atoms with Crippen molar-refractivity contribution in [1.82, 2.24) is 15.5 Å². The van der Waals surface area contributed by atoms with E-state index in [-0.39, 0.29) is 42.8 Å². The van der Waals surface area contributed by atoms with Gasteiger partial charge < -0.3 is 20.7 Å². The molecule has 9 heteroatoms. The number of hydrogen-bond acceptors (Lipinski definition) is 5. The summed E-state index contributed by atoms with van der Waals surface area (Å²) in [4.78, 5) is 38.5. The van der Waals surface area contributed by atoms with Crippen LogP contribution in [0.1, 0.15) is 33.1 Å². The van der Waals surface area contributed by atoms with Gasteiger partial charge in [-0.05, 0) is 74.3 Å². The first kappa shape index (κ1) is 25.3. The molecule has 172 valence electrons. The van der Waals surface area contributed by atoms with Crippen LogP contribution in [0.3, 0.4) is 0 Å². The first-order valence-corrected chi connectivity index (χ1v) is 11.6. The van der Waals surface area contributed by atoms with E-state index in [2.05, 4.69) is 31.9 Å². The second-order valence-corrected chi connectivity index (χ2v) is 8.77. The molecule has 0 radical (unpaired) electrons.